The van der Waals surface area contributed by atoms with Crippen molar-refractivity contribution in [3.63, 3.8) is 0 Å². The van der Waals surface area contributed by atoms with Crippen molar-refractivity contribution in [2.45, 2.75) is 65.3 Å². The van der Waals surface area contributed by atoms with Crippen LogP contribution in [-0.4, -0.2) is 46.5 Å². The fraction of sp³-hybridized carbons (Fsp3) is 0.577. The molecule has 0 radical (unpaired) electrons. The number of likely N-dealkylation sites (tertiary alicyclic amines) is 1. The third kappa shape index (κ3) is 6.90. The van der Waals surface area contributed by atoms with E-state index in [4.69, 9.17) is 22.3 Å². The number of nitrogens with two attached hydrogens (primary N) is 1. The van der Waals surface area contributed by atoms with E-state index in [1.807, 2.05) is 23.1 Å². The maximum absolute atomic E-state index is 11.7. The first-order valence-corrected chi connectivity index (χ1v) is 12.2. The fourth-order valence-electron chi connectivity index (χ4n) is 4.93. The van der Waals surface area contributed by atoms with Crippen LogP contribution >= 0.6 is 11.6 Å². The van der Waals surface area contributed by atoms with Gasteiger partial charge in [-0.3, -0.25) is 9.78 Å². The highest BCUT2D eigenvalue weighted by atomic mass is 35.5. The number of nitrogens with zero attached hydrogens (tertiary/aromatic N) is 3. The predicted molar refractivity (Wildman–Crippen MR) is 136 cm³/mol. The van der Waals surface area contributed by atoms with Gasteiger partial charge in [0, 0.05) is 50.1 Å². The van der Waals surface area contributed by atoms with E-state index in [0.29, 0.717) is 22.9 Å². The van der Waals surface area contributed by atoms with E-state index < -0.39 is 0 Å². The number of rotatable bonds is 6. The molecule has 1 aliphatic carbocycles. The monoisotopic (exact) mass is 471 g/mol. The number of piperidine rings is 1. The van der Waals surface area contributed by atoms with E-state index in [-0.39, 0.29) is 13.3 Å². The van der Waals surface area contributed by atoms with Crippen LogP contribution in [0.3, 0.4) is 0 Å². The first-order chi connectivity index (χ1) is 15.5. The number of halogens is 1. The highest BCUT2D eigenvalue weighted by molar-refractivity contribution is 6.33. The van der Waals surface area contributed by atoms with Crippen molar-refractivity contribution in [1.29, 1.82) is 0 Å². The number of pyridine rings is 2. The van der Waals surface area contributed by atoms with Gasteiger partial charge in [-0.25, -0.2) is 4.98 Å². The Kier molecular flexibility index (Phi) is 9.10. The molecule has 1 saturated heterocycles. The van der Waals surface area contributed by atoms with Gasteiger partial charge in [-0.2, -0.15) is 0 Å². The summed E-state index contributed by atoms with van der Waals surface area (Å²) < 4.78 is 0. The number of amides is 1. The minimum absolute atomic E-state index is 0. The Hall–Kier alpha value is -2.18. The third-order valence-electron chi connectivity index (χ3n) is 6.86. The fourth-order valence-corrected chi connectivity index (χ4v) is 5.13. The normalized spacial score (nSPS) is 23.0. The van der Waals surface area contributed by atoms with Gasteiger partial charge in [0.15, 0.2) is 0 Å². The van der Waals surface area contributed by atoms with Gasteiger partial charge in [-0.05, 0) is 75.0 Å². The lowest BCUT2D eigenvalue weighted by Crippen LogP contribution is -2.40. The number of nitrogens with one attached hydrogen (secondary N) is 1. The summed E-state index contributed by atoms with van der Waals surface area (Å²) in [5, 5.41) is 4.09. The lowest BCUT2D eigenvalue weighted by atomic mass is 9.83. The molecule has 0 unspecified atom stereocenters. The van der Waals surface area contributed by atoms with E-state index >= 15 is 0 Å². The molecule has 7 heteroatoms. The molecule has 2 aromatic rings. The first-order valence-electron chi connectivity index (χ1n) is 11.8. The zero-order chi connectivity index (χ0) is 22.5. The van der Waals surface area contributed by atoms with E-state index in [0.717, 1.165) is 74.5 Å². The SMILES string of the molecule is C.CC(=O)N1CCC[C@@H](CNc2cccc(-c3cc(CC4CCC(N)CC4)ncc3Cl)n2)C1. The van der Waals surface area contributed by atoms with Crippen LogP contribution in [0.2, 0.25) is 5.02 Å². The van der Waals surface area contributed by atoms with Gasteiger partial charge in [-0.15, -0.1) is 0 Å². The molecule has 3 heterocycles. The van der Waals surface area contributed by atoms with Crippen LogP contribution in [0.4, 0.5) is 5.82 Å². The van der Waals surface area contributed by atoms with Crippen molar-refractivity contribution in [2.75, 3.05) is 25.0 Å². The van der Waals surface area contributed by atoms with Crippen LogP contribution in [-0.2, 0) is 11.2 Å². The first kappa shape index (κ1) is 25.4. The molecule has 2 fully saturated rings. The Morgan fingerprint density at radius 3 is 2.76 bits per heavy atom. The number of hydrogen-bond donors (Lipinski definition) is 2. The van der Waals surface area contributed by atoms with Gasteiger partial charge < -0.3 is 16.0 Å². The third-order valence-corrected chi connectivity index (χ3v) is 7.16. The summed E-state index contributed by atoms with van der Waals surface area (Å²) in [7, 11) is 0. The minimum atomic E-state index is 0. The second-order valence-electron chi connectivity index (χ2n) is 9.40. The maximum Gasteiger partial charge on any atom is 0.219 e. The highest BCUT2D eigenvalue weighted by Crippen LogP contribution is 2.31. The average Bonchev–Trinajstić information content (AvgIpc) is 2.81. The van der Waals surface area contributed by atoms with Crippen LogP contribution in [0.1, 0.15) is 58.6 Å². The van der Waals surface area contributed by atoms with Crippen LogP contribution in [0.25, 0.3) is 11.3 Å². The van der Waals surface area contributed by atoms with Gasteiger partial charge in [-0.1, -0.05) is 25.1 Å². The molecular weight excluding hydrogens is 434 g/mol. The molecular formula is C26H38ClN5O. The molecule has 3 N–H and O–H groups in total. The topological polar surface area (TPSA) is 84.1 Å². The predicted octanol–water partition coefficient (Wildman–Crippen LogP) is 5.16. The molecule has 180 valence electrons. The van der Waals surface area contributed by atoms with E-state index in [9.17, 15) is 4.79 Å². The summed E-state index contributed by atoms with van der Waals surface area (Å²) in [6, 6.07) is 8.43. The number of hydrogen-bond acceptors (Lipinski definition) is 5. The molecule has 2 aliphatic rings. The molecule has 0 aromatic carbocycles. The van der Waals surface area contributed by atoms with Crippen molar-refractivity contribution in [3.05, 3.63) is 41.2 Å². The molecule has 1 amide bonds. The summed E-state index contributed by atoms with van der Waals surface area (Å²) in [4.78, 5) is 23.0. The second-order valence-corrected chi connectivity index (χ2v) is 9.81. The maximum atomic E-state index is 11.7. The number of carbonyl (C=O) groups excluding carboxylic acids is 1. The lowest BCUT2D eigenvalue weighted by Gasteiger charge is -2.32. The molecule has 4 rings (SSSR count). The summed E-state index contributed by atoms with van der Waals surface area (Å²) in [5.74, 6) is 2.08. The smallest absolute Gasteiger partial charge is 0.219 e. The average molecular weight is 472 g/mol. The Bertz CT molecular complexity index is 929. The number of anilines is 1. The standard InChI is InChI=1S/C25H34ClN5O.CH4/c1-17(32)31-11-3-4-19(16-31)14-29-25-6-2-5-24(30-25)22-13-21(28-15-23(22)26)12-18-7-9-20(27)10-8-18;/h2,5-6,13,15,18-20H,3-4,7-12,14,16,27H2,1H3,(H,29,30);1H4/t18?,19-,20?;/m0./s1. The molecule has 6 nitrogen and oxygen atoms in total. The number of carbonyl (C=O) groups is 1. The Morgan fingerprint density at radius 1 is 1.21 bits per heavy atom. The van der Waals surface area contributed by atoms with Gasteiger partial charge in [0.2, 0.25) is 5.91 Å². The van der Waals surface area contributed by atoms with Crippen LogP contribution in [0, 0.1) is 11.8 Å². The highest BCUT2D eigenvalue weighted by Gasteiger charge is 2.22. The zero-order valence-electron chi connectivity index (χ0n) is 18.9. The molecule has 33 heavy (non-hydrogen) atoms. The molecule has 1 saturated carbocycles. The van der Waals surface area contributed by atoms with Crippen LogP contribution in [0.5, 0.6) is 0 Å². The molecule has 2 aromatic heterocycles. The molecule has 0 spiro atoms. The molecule has 1 aliphatic heterocycles. The summed E-state index contributed by atoms with van der Waals surface area (Å²) in [6.45, 7) is 4.14. The van der Waals surface area contributed by atoms with Crippen molar-refractivity contribution in [3.8, 4) is 11.3 Å². The zero-order valence-corrected chi connectivity index (χ0v) is 19.7. The minimum Gasteiger partial charge on any atom is -0.370 e. The van der Waals surface area contributed by atoms with Crippen molar-refractivity contribution in [2.24, 2.45) is 17.6 Å². The largest absolute Gasteiger partial charge is 0.370 e. The van der Waals surface area contributed by atoms with E-state index in [2.05, 4.69) is 16.4 Å². The van der Waals surface area contributed by atoms with E-state index in [1.54, 1.807) is 13.1 Å². The Balaban J connectivity index is 0.00000306. The van der Waals surface area contributed by atoms with E-state index in [1.165, 1.54) is 12.8 Å². The van der Waals surface area contributed by atoms with Gasteiger partial charge in [0.25, 0.3) is 0 Å². The summed E-state index contributed by atoms with van der Waals surface area (Å²) >= 11 is 6.51. The lowest BCUT2D eigenvalue weighted by molar-refractivity contribution is -0.130. The van der Waals surface area contributed by atoms with Crippen molar-refractivity contribution in [1.82, 2.24) is 14.9 Å². The van der Waals surface area contributed by atoms with Gasteiger partial charge in [0.1, 0.15) is 5.82 Å². The Morgan fingerprint density at radius 2 is 2.00 bits per heavy atom. The summed E-state index contributed by atoms with van der Waals surface area (Å²) in [5.41, 5.74) is 8.89. The van der Waals surface area contributed by atoms with Crippen LogP contribution < -0.4 is 11.1 Å². The van der Waals surface area contributed by atoms with Gasteiger partial charge >= 0.3 is 0 Å². The molecule has 1 atom stereocenters. The van der Waals surface area contributed by atoms with Gasteiger partial charge in [0.05, 0.1) is 10.7 Å². The molecule has 0 bridgehead atoms. The number of aromatic nitrogens is 2. The quantitative estimate of drug-likeness (QED) is 0.607. The summed E-state index contributed by atoms with van der Waals surface area (Å²) in [6.07, 6.45) is 9.44. The Labute approximate surface area is 203 Å². The second kappa shape index (κ2) is 11.8. The van der Waals surface area contributed by atoms with Crippen molar-refractivity contribution >= 4 is 23.3 Å². The van der Waals surface area contributed by atoms with Crippen molar-refractivity contribution < 1.29 is 4.79 Å². The van der Waals surface area contributed by atoms with Crippen LogP contribution in [0.15, 0.2) is 30.5 Å².